The molecule has 0 radical (unpaired) electrons. The quantitative estimate of drug-likeness (QED) is 0.513. The molecule has 0 saturated heterocycles. The number of carboxylic acid groups (broad SMARTS) is 2. The summed E-state index contributed by atoms with van der Waals surface area (Å²) in [5.41, 5.74) is 4.81. The van der Waals surface area contributed by atoms with Gasteiger partial charge in [0.05, 0.1) is 13.0 Å². The van der Waals surface area contributed by atoms with Crippen molar-refractivity contribution in [3.8, 4) is 5.75 Å². The number of nitrogens with one attached hydrogen (secondary N) is 2. The summed E-state index contributed by atoms with van der Waals surface area (Å²) in [7, 11) is 1.53. The highest BCUT2D eigenvalue weighted by Gasteiger charge is 2.74. The summed E-state index contributed by atoms with van der Waals surface area (Å²) < 4.78 is 5.03. The van der Waals surface area contributed by atoms with Crippen LogP contribution in [0.1, 0.15) is 6.42 Å². The van der Waals surface area contributed by atoms with Gasteiger partial charge in [-0.1, -0.05) is 0 Å². The molecule has 25 heavy (non-hydrogen) atoms. The molecule has 0 unspecified atom stereocenters. The molecule has 3 rings (SSSR count). The van der Waals surface area contributed by atoms with Crippen LogP contribution >= 0.6 is 0 Å². The average molecular weight is 349 g/mol. The van der Waals surface area contributed by atoms with Crippen LogP contribution in [-0.4, -0.2) is 46.9 Å². The molecule has 0 bridgehead atoms. The van der Waals surface area contributed by atoms with E-state index in [2.05, 4.69) is 10.6 Å². The number of amides is 2. The van der Waals surface area contributed by atoms with E-state index < -0.39 is 47.3 Å². The summed E-state index contributed by atoms with van der Waals surface area (Å²) in [6.45, 7) is 0. The molecule has 2 amide bonds. The van der Waals surface area contributed by atoms with Gasteiger partial charge >= 0.3 is 18.0 Å². The number of rotatable bonds is 5. The highest BCUT2D eigenvalue weighted by molar-refractivity contribution is 5.91. The Morgan fingerprint density at radius 2 is 1.88 bits per heavy atom. The van der Waals surface area contributed by atoms with E-state index in [4.69, 9.17) is 10.5 Å². The lowest BCUT2D eigenvalue weighted by Crippen LogP contribution is -2.52. The molecular formula is C16H19N3O6. The second-order valence-electron chi connectivity index (χ2n) is 6.45. The van der Waals surface area contributed by atoms with Crippen LogP contribution in [0.5, 0.6) is 5.75 Å². The minimum atomic E-state index is -1.63. The van der Waals surface area contributed by atoms with Crippen LogP contribution in [0.4, 0.5) is 10.5 Å². The summed E-state index contributed by atoms with van der Waals surface area (Å²) in [6.07, 6.45) is -0.00250. The highest BCUT2D eigenvalue weighted by Crippen LogP contribution is 2.61. The Morgan fingerprint density at radius 1 is 1.24 bits per heavy atom. The van der Waals surface area contributed by atoms with Crippen LogP contribution in [0.2, 0.25) is 0 Å². The molecule has 5 atom stereocenters. The van der Waals surface area contributed by atoms with Crippen LogP contribution in [0.3, 0.4) is 0 Å². The minimum Gasteiger partial charge on any atom is -0.497 e. The highest BCUT2D eigenvalue weighted by atomic mass is 16.5. The lowest BCUT2D eigenvalue weighted by molar-refractivity contribution is -0.145. The maximum atomic E-state index is 12.2. The van der Waals surface area contributed by atoms with Gasteiger partial charge in [0.2, 0.25) is 0 Å². The third-order valence-corrected chi connectivity index (χ3v) is 5.04. The molecule has 2 aliphatic carbocycles. The van der Waals surface area contributed by atoms with Gasteiger partial charge in [-0.3, -0.25) is 9.59 Å². The maximum Gasteiger partial charge on any atom is 0.324 e. The Hall–Kier alpha value is -2.81. The van der Waals surface area contributed by atoms with Gasteiger partial charge in [0, 0.05) is 17.6 Å². The van der Waals surface area contributed by atoms with Gasteiger partial charge in [-0.25, -0.2) is 4.79 Å². The van der Waals surface area contributed by atoms with Crippen molar-refractivity contribution in [3.63, 3.8) is 0 Å². The van der Waals surface area contributed by atoms with Crippen molar-refractivity contribution in [2.45, 2.75) is 18.0 Å². The Labute approximate surface area is 143 Å². The molecule has 0 spiro atoms. The molecule has 2 aliphatic rings. The fourth-order valence-corrected chi connectivity index (χ4v) is 3.84. The number of benzene rings is 1. The topological polar surface area (TPSA) is 151 Å². The summed E-state index contributed by atoms with van der Waals surface area (Å²) in [6, 6.07) is 5.51. The first-order valence-electron chi connectivity index (χ1n) is 7.74. The third-order valence-electron chi connectivity index (χ3n) is 5.04. The number of anilines is 1. The van der Waals surface area contributed by atoms with Gasteiger partial charge in [0.15, 0.2) is 0 Å². The lowest BCUT2D eigenvalue weighted by atomic mass is 9.90. The van der Waals surface area contributed by atoms with Crippen molar-refractivity contribution in [1.82, 2.24) is 5.32 Å². The fourth-order valence-electron chi connectivity index (χ4n) is 3.84. The normalized spacial score (nSPS) is 32.4. The zero-order valence-electron chi connectivity index (χ0n) is 13.4. The summed E-state index contributed by atoms with van der Waals surface area (Å²) in [5.74, 6) is -3.68. The second kappa shape index (κ2) is 5.92. The molecule has 6 N–H and O–H groups in total. The first kappa shape index (κ1) is 17.0. The average Bonchev–Trinajstić information content (AvgIpc) is 3.24. The Balaban J connectivity index is 1.67. The van der Waals surface area contributed by atoms with Crippen molar-refractivity contribution < 1.29 is 29.3 Å². The van der Waals surface area contributed by atoms with Crippen LogP contribution in [0.15, 0.2) is 24.3 Å². The van der Waals surface area contributed by atoms with E-state index in [1.54, 1.807) is 24.3 Å². The molecular weight excluding hydrogens is 330 g/mol. The first-order valence-corrected chi connectivity index (χ1v) is 7.74. The molecule has 9 heteroatoms. The number of carbonyl (C=O) groups is 3. The fraction of sp³-hybridized carbons (Fsp3) is 0.438. The molecule has 2 saturated carbocycles. The zero-order chi connectivity index (χ0) is 18.4. The van der Waals surface area contributed by atoms with Crippen molar-refractivity contribution in [1.29, 1.82) is 0 Å². The predicted octanol–water partition coefficient (Wildman–Crippen LogP) is 0.318. The predicted molar refractivity (Wildman–Crippen MR) is 86.2 cm³/mol. The van der Waals surface area contributed by atoms with E-state index in [1.807, 2.05) is 0 Å². The largest absolute Gasteiger partial charge is 0.497 e. The first-order chi connectivity index (χ1) is 11.8. The van der Waals surface area contributed by atoms with Crippen LogP contribution in [0, 0.1) is 17.8 Å². The molecule has 1 aromatic rings. The molecule has 0 heterocycles. The number of nitrogens with two attached hydrogens (primary N) is 1. The maximum absolute atomic E-state index is 12.2. The van der Waals surface area contributed by atoms with Crippen LogP contribution in [0.25, 0.3) is 0 Å². The number of methoxy groups -OCH3 is 1. The van der Waals surface area contributed by atoms with Gasteiger partial charge in [-0.2, -0.15) is 0 Å². The van der Waals surface area contributed by atoms with Crippen LogP contribution in [-0.2, 0) is 9.59 Å². The number of urea groups is 1. The number of carboxylic acids is 2. The number of hydrogen-bond donors (Lipinski definition) is 5. The smallest absolute Gasteiger partial charge is 0.324 e. The Morgan fingerprint density at radius 3 is 2.40 bits per heavy atom. The molecule has 0 aliphatic heterocycles. The number of aliphatic carboxylic acids is 2. The number of ether oxygens (including phenoxy) is 1. The zero-order valence-corrected chi connectivity index (χ0v) is 13.4. The number of carbonyl (C=O) groups excluding carboxylic acids is 1. The van der Waals surface area contributed by atoms with Crippen molar-refractivity contribution >= 4 is 23.7 Å². The van der Waals surface area contributed by atoms with Gasteiger partial charge in [0.1, 0.15) is 11.3 Å². The monoisotopic (exact) mass is 349 g/mol. The number of hydrogen-bond acceptors (Lipinski definition) is 5. The Kier molecular flexibility index (Phi) is 4.03. The molecule has 1 aromatic carbocycles. The lowest BCUT2D eigenvalue weighted by Gasteiger charge is -2.25. The minimum absolute atomic E-state index is 0.00250. The van der Waals surface area contributed by atoms with Gasteiger partial charge in [0.25, 0.3) is 0 Å². The van der Waals surface area contributed by atoms with Gasteiger partial charge in [-0.05, 0) is 36.6 Å². The van der Waals surface area contributed by atoms with E-state index in [0.717, 1.165) is 0 Å². The van der Waals surface area contributed by atoms with Crippen molar-refractivity contribution in [2.24, 2.45) is 23.5 Å². The third kappa shape index (κ3) is 2.86. The second-order valence-corrected chi connectivity index (χ2v) is 6.45. The molecule has 9 nitrogen and oxygen atoms in total. The summed E-state index contributed by atoms with van der Waals surface area (Å²) >= 11 is 0. The molecule has 0 aromatic heterocycles. The van der Waals surface area contributed by atoms with Crippen molar-refractivity contribution in [3.05, 3.63) is 24.3 Å². The number of fused-ring (bicyclic) bond motifs is 1. The summed E-state index contributed by atoms with van der Waals surface area (Å²) in [4.78, 5) is 34.9. The molecule has 134 valence electrons. The SMILES string of the molecule is COc1ccc(NC(=O)N[C@@H]2C[C@](N)(C(=O)O)[C@@H]3[C@H](C(=O)O)[C@H]32)cc1. The van der Waals surface area contributed by atoms with E-state index in [-0.39, 0.29) is 6.42 Å². The van der Waals surface area contributed by atoms with E-state index in [9.17, 15) is 24.6 Å². The van der Waals surface area contributed by atoms with E-state index >= 15 is 0 Å². The molecule has 2 fully saturated rings. The van der Waals surface area contributed by atoms with E-state index in [0.29, 0.717) is 11.4 Å². The van der Waals surface area contributed by atoms with Crippen molar-refractivity contribution in [2.75, 3.05) is 12.4 Å². The Bertz CT molecular complexity index is 721. The van der Waals surface area contributed by atoms with Gasteiger partial charge in [-0.15, -0.1) is 0 Å². The van der Waals surface area contributed by atoms with Crippen LogP contribution < -0.4 is 21.1 Å². The van der Waals surface area contributed by atoms with E-state index in [1.165, 1.54) is 7.11 Å². The summed E-state index contributed by atoms with van der Waals surface area (Å²) in [5, 5.41) is 23.8. The standard InChI is InChI=1S/C16H19N3O6/c1-25-8-4-2-7(3-5-8)18-15(24)19-9-6-16(17,14(22)23)12-10(9)11(12)13(20)21/h2-5,9-12H,6,17H2,1H3,(H,20,21)(H,22,23)(H2,18,19,24)/t9-,10-,11-,12+,16-/m1/s1. The van der Waals surface area contributed by atoms with Gasteiger partial charge < -0.3 is 31.3 Å².